The maximum absolute atomic E-state index is 13.6. The Kier molecular flexibility index (Phi) is 7.62. The number of hydrogen-bond donors (Lipinski definition) is 0. The van der Waals surface area contributed by atoms with Gasteiger partial charge in [-0.15, -0.1) is 0 Å². The maximum Gasteiger partial charge on any atom is 0.309 e. The quantitative estimate of drug-likeness (QED) is 0.422. The zero-order valence-electron chi connectivity index (χ0n) is 21.7. The van der Waals surface area contributed by atoms with Gasteiger partial charge in [-0.25, -0.2) is 18.4 Å². The van der Waals surface area contributed by atoms with Crippen molar-refractivity contribution in [3.63, 3.8) is 0 Å². The SMILES string of the molecule is CCOC(=O)C1CCN(c2nc(-c3ccccc3)nc3c2CN(S(=O)(=O)c2cccc(OC)c2)CC3)CC1. The first-order valence-corrected chi connectivity index (χ1v) is 14.4. The fourth-order valence-corrected chi connectivity index (χ4v) is 6.50. The van der Waals surface area contributed by atoms with Gasteiger partial charge in [-0.05, 0) is 31.9 Å². The van der Waals surface area contributed by atoms with Crippen LogP contribution in [-0.4, -0.2) is 62.0 Å². The van der Waals surface area contributed by atoms with Crippen molar-refractivity contribution in [3.05, 3.63) is 65.9 Å². The van der Waals surface area contributed by atoms with E-state index in [2.05, 4.69) is 4.90 Å². The van der Waals surface area contributed by atoms with Crippen molar-refractivity contribution in [2.24, 2.45) is 5.92 Å². The summed E-state index contributed by atoms with van der Waals surface area (Å²) < 4.78 is 39.1. The molecule has 5 rings (SSSR count). The molecule has 2 aliphatic heterocycles. The highest BCUT2D eigenvalue weighted by atomic mass is 32.2. The van der Waals surface area contributed by atoms with Crippen LogP contribution >= 0.6 is 0 Å². The molecule has 0 unspecified atom stereocenters. The molecule has 9 nitrogen and oxygen atoms in total. The zero-order chi connectivity index (χ0) is 26.7. The molecule has 2 aliphatic rings. The van der Waals surface area contributed by atoms with E-state index < -0.39 is 10.0 Å². The molecular weight excluding hydrogens is 504 g/mol. The lowest BCUT2D eigenvalue weighted by molar-refractivity contribution is -0.148. The van der Waals surface area contributed by atoms with E-state index in [9.17, 15) is 13.2 Å². The Labute approximate surface area is 223 Å². The highest BCUT2D eigenvalue weighted by molar-refractivity contribution is 7.89. The van der Waals surface area contributed by atoms with Gasteiger partial charge in [0, 0.05) is 49.8 Å². The number of anilines is 1. The lowest BCUT2D eigenvalue weighted by Crippen LogP contribution is -2.41. The molecule has 0 amide bonds. The Hall–Kier alpha value is -3.50. The van der Waals surface area contributed by atoms with Gasteiger partial charge in [0.05, 0.1) is 30.2 Å². The van der Waals surface area contributed by atoms with Crippen molar-refractivity contribution in [2.75, 3.05) is 38.3 Å². The molecular formula is C28H32N4O5S. The molecule has 1 aromatic heterocycles. The maximum atomic E-state index is 13.6. The summed E-state index contributed by atoms with van der Waals surface area (Å²) in [6.45, 7) is 3.94. The smallest absolute Gasteiger partial charge is 0.309 e. The summed E-state index contributed by atoms with van der Waals surface area (Å²) in [4.78, 5) is 24.5. The Bertz CT molecular complexity index is 1410. The van der Waals surface area contributed by atoms with Crippen LogP contribution in [-0.2, 0) is 32.5 Å². The van der Waals surface area contributed by atoms with Crippen molar-refractivity contribution in [2.45, 2.75) is 37.6 Å². The predicted molar refractivity (Wildman–Crippen MR) is 143 cm³/mol. The van der Waals surface area contributed by atoms with Crippen LogP contribution in [0.3, 0.4) is 0 Å². The van der Waals surface area contributed by atoms with E-state index in [1.165, 1.54) is 11.4 Å². The average Bonchev–Trinajstić information content (AvgIpc) is 2.97. The minimum Gasteiger partial charge on any atom is -0.497 e. The number of esters is 1. The summed E-state index contributed by atoms with van der Waals surface area (Å²) in [5.41, 5.74) is 2.58. The highest BCUT2D eigenvalue weighted by Gasteiger charge is 2.34. The summed E-state index contributed by atoms with van der Waals surface area (Å²) in [5.74, 6) is 1.56. The minimum atomic E-state index is -3.76. The summed E-state index contributed by atoms with van der Waals surface area (Å²) in [6, 6.07) is 16.3. The molecule has 10 heteroatoms. The van der Waals surface area contributed by atoms with E-state index in [-0.39, 0.29) is 23.3 Å². The number of rotatable bonds is 7. The van der Waals surface area contributed by atoms with Crippen LogP contribution in [0.25, 0.3) is 11.4 Å². The molecule has 0 atom stereocenters. The third-order valence-corrected chi connectivity index (χ3v) is 8.97. The van der Waals surface area contributed by atoms with Gasteiger partial charge < -0.3 is 14.4 Å². The molecule has 2 aromatic carbocycles. The van der Waals surface area contributed by atoms with Crippen LogP contribution in [0.5, 0.6) is 5.75 Å². The van der Waals surface area contributed by atoms with Gasteiger partial charge in [0.2, 0.25) is 10.0 Å². The molecule has 0 saturated carbocycles. The number of methoxy groups -OCH3 is 1. The van der Waals surface area contributed by atoms with E-state index in [1.807, 2.05) is 37.3 Å². The van der Waals surface area contributed by atoms with Crippen molar-refractivity contribution >= 4 is 21.8 Å². The fourth-order valence-electron chi connectivity index (χ4n) is 5.05. The monoisotopic (exact) mass is 536 g/mol. The first-order valence-electron chi connectivity index (χ1n) is 12.9. The zero-order valence-corrected chi connectivity index (χ0v) is 22.5. The molecule has 1 fully saturated rings. The van der Waals surface area contributed by atoms with Crippen molar-refractivity contribution < 1.29 is 22.7 Å². The second-order valence-electron chi connectivity index (χ2n) is 9.44. The predicted octanol–water partition coefficient (Wildman–Crippen LogP) is 3.68. The number of benzene rings is 2. The fraction of sp³-hybridized carbons (Fsp3) is 0.393. The molecule has 0 N–H and O–H groups in total. The van der Waals surface area contributed by atoms with E-state index in [4.69, 9.17) is 19.4 Å². The molecule has 3 aromatic rings. The standard InChI is InChI=1S/C28H32N4O5S/c1-3-37-28(33)21-12-15-31(16-13-21)27-24-19-32(38(34,35)23-11-7-10-22(18-23)36-2)17-14-25(24)29-26(30-27)20-8-5-4-6-9-20/h4-11,18,21H,3,12-17,19H2,1-2H3. The molecule has 3 heterocycles. The van der Waals surface area contributed by atoms with Crippen LogP contribution in [0.4, 0.5) is 5.82 Å². The highest BCUT2D eigenvalue weighted by Crippen LogP contribution is 2.34. The first kappa shape index (κ1) is 26.1. The summed E-state index contributed by atoms with van der Waals surface area (Å²) >= 11 is 0. The summed E-state index contributed by atoms with van der Waals surface area (Å²) in [5, 5.41) is 0. The number of carbonyl (C=O) groups is 1. The van der Waals surface area contributed by atoms with Gasteiger partial charge in [0.15, 0.2) is 5.82 Å². The van der Waals surface area contributed by atoms with Crippen molar-refractivity contribution in [3.8, 4) is 17.1 Å². The molecule has 0 bridgehead atoms. The second kappa shape index (κ2) is 11.1. The topological polar surface area (TPSA) is 102 Å². The number of fused-ring (bicyclic) bond motifs is 1. The molecule has 0 radical (unpaired) electrons. The molecule has 200 valence electrons. The Balaban J connectivity index is 1.49. The largest absolute Gasteiger partial charge is 0.497 e. The van der Waals surface area contributed by atoms with Crippen molar-refractivity contribution in [1.29, 1.82) is 0 Å². The Morgan fingerprint density at radius 2 is 1.79 bits per heavy atom. The molecule has 0 spiro atoms. The Morgan fingerprint density at radius 3 is 2.50 bits per heavy atom. The number of nitrogens with zero attached hydrogens (tertiary/aromatic N) is 4. The van der Waals surface area contributed by atoms with Crippen LogP contribution in [0.2, 0.25) is 0 Å². The number of sulfonamides is 1. The Morgan fingerprint density at radius 1 is 1.03 bits per heavy atom. The number of piperidine rings is 1. The van der Waals surface area contributed by atoms with Gasteiger partial charge in [0.25, 0.3) is 0 Å². The second-order valence-corrected chi connectivity index (χ2v) is 11.4. The van der Waals surface area contributed by atoms with Crippen LogP contribution in [0.1, 0.15) is 31.0 Å². The third-order valence-electron chi connectivity index (χ3n) is 7.13. The van der Waals surface area contributed by atoms with Gasteiger partial charge >= 0.3 is 5.97 Å². The average molecular weight is 537 g/mol. The van der Waals surface area contributed by atoms with Crippen LogP contribution in [0, 0.1) is 5.92 Å². The van der Waals surface area contributed by atoms with Crippen LogP contribution < -0.4 is 9.64 Å². The molecule has 1 saturated heterocycles. The van der Waals surface area contributed by atoms with Crippen molar-refractivity contribution in [1.82, 2.24) is 14.3 Å². The lowest BCUT2D eigenvalue weighted by atomic mass is 9.96. The number of hydrogen-bond acceptors (Lipinski definition) is 8. The minimum absolute atomic E-state index is 0.137. The normalized spacial score (nSPS) is 16.6. The van der Waals surface area contributed by atoms with E-state index >= 15 is 0 Å². The van der Waals surface area contributed by atoms with Gasteiger partial charge in [0.1, 0.15) is 11.6 Å². The van der Waals surface area contributed by atoms with Gasteiger partial charge in [-0.3, -0.25) is 4.79 Å². The van der Waals surface area contributed by atoms with Crippen LogP contribution in [0.15, 0.2) is 59.5 Å². The number of aromatic nitrogens is 2. The van der Waals surface area contributed by atoms with E-state index in [0.29, 0.717) is 57.1 Å². The third kappa shape index (κ3) is 5.23. The number of ether oxygens (including phenoxy) is 2. The van der Waals surface area contributed by atoms with E-state index in [1.54, 1.807) is 24.3 Å². The first-order chi connectivity index (χ1) is 18.4. The van der Waals surface area contributed by atoms with Gasteiger partial charge in [-0.2, -0.15) is 4.31 Å². The lowest BCUT2D eigenvalue weighted by Gasteiger charge is -2.36. The summed E-state index contributed by atoms with van der Waals surface area (Å²) in [6.07, 6.45) is 1.79. The molecule has 0 aliphatic carbocycles. The summed E-state index contributed by atoms with van der Waals surface area (Å²) in [7, 11) is -2.24. The van der Waals surface area contributed by atoms with Gasteiger partial charge in [-0.1, -0.05) is 36.4 Å². The molecule has 38 heavy (non-hydrogen) atoms. The van der Waals surface area contributed by atoms with E-state index in [0.717, 1.165) is 22.6 Å². The number of carbonyl (C=O) groups excluding carboxylic acids is 1.